The maximum Gasteiger partial charge on any atom is 0.329 e. The van der Waals surface area contributed by atoms with Gasteiger partial charge in [-0.2, -0.15) is 0 Å². The molecule has 1 heterocycles. The van der Waals surface area contributed by atoms with Crippen molar-refractivity contribution in [2.24, 2.45) is 11.8 Å². The molecule has 3 aromatic rings. The molecule has 3 aliphatic carbocycles. The zero-order chi connectivity index (χ0) is 35.5. The van der Waals surface area contributed by atoms with E-state index < -0.39 is 11.5 Å². The van der Waals surface area contributed by atoms with E-state index in [0.29, 0.717) is 61.7 Å². The molecule has 1 fully saturated rings. The number of nitrogens with zero attached hydrogens (tertiary/aromatic N) is 2. The van der Waals surface area contributed by atoms with E-state index in [4.69, 9.17) is 21.1 Å². The minimum Gasteiger partial charge on any atom is -0.494 e. The van der Waals surface area contributed by atoms with Crippen LogP contribution in [0.3, 0.4) is 0 Å². The lowest BCUT2D eigenvalue weighted by molar-refractivity contribution is -0.144. The number of hydrogen-bond acceptors (Lipinski definition) is 6. The zero-order valence-electron chi connectivity index (χ0n) is 30.0. The molecule has 268 valence electrons. The zero-order valence-corrected chi connectivity index (χ0v) is 30.7. The first-order valence-electron chi connectivity index (χ1n) is 18.3. The van der Waals surface area contributed by atoms with Gasteiger partial charge in [-0.25, -0.2) is 4.79 Å². The van der Waals surface area contributed by atoms with Crippen molar-refractivity contribution in [2.45, 2.75) is 101 Å². The summed E-state index contributed by atoms with van der Waals surface area (Å²) in [6.45, 7) is 5.65. The maximum absolute atomic E-state index is 12.9. The Balaban J connectivity index is 1.21. The van der Waals surface area contributed by atoms with Gasteiger partial charge in [0.2, 0.25) is 5.91 Å². The van der Waals surface area contributed by atoms with Crippen molar-refractivity contribution in [3.8, 4) is 11.5 Å². The second kappa shape index (κ2) is 15.2. The molecule has 1 aromatic heterocycles. The van der Waals surface area contributed by atoms with Gasteiger partial charge in [0.25, 0.3) is 0 Å². The molecule has 2 aromatic carbocycles. The number of fused-ring (bicyclic) bond motifs is 3. The van der Waals surface area contributed by atoms with Crippen LogP contribution >= 0.6 is 11.6 Å². The van der Waals surface area contributed by atoms with Gasteiger partial charge in [-0.05, 0) is 135 Å². The predicted molar refractivity (Wildman–Crippen MR) is 198 cm³/mol. The number of aryl methyl sites for hydroxylation is 1. The third kappa shape index (κ3) is 7.60. The number of hydrogen-bond donors (Lipinski definition) is 2. The molecule has 1 unspecified atom stereocenters. The van der Waals surface area contributed by atoms with Gasteiger partial charge in [-0.3, -0.25) is 9.78 Å². The first kappa shape index (κ1) is 36.0. The highest BCUT2D eigenvalue weighted by atomic mass is 35.5. The fourth-order valence-corrected chi connectivity index (χ4v) is 8.99. The number of anilines is 1. The maximum atomic E-state index is 12.9. The van der Waals surface area contributed by atoms with E-state index in [2.05, 4.69) is 36.3 Å². The van der Waals surface area contributed by atoms with Crippen LogP contribution in [0.2, 0.25) is 5.02 Å². The van der Waals surface area contributed by atoms with Crippen molar-refractivity contribution >= 4 is 29.2 Å². The lowest BCUT2D eigenvalue weighted by Gasteiger charge is -2.47. The smallest absolute Gasteiger partial charge is 0.329 e. The van der Waals surface area contributed by atoms with Crippen LogP contribution in [0.4, 0.5) is 5.69 Å². The Kier molecular flexibility index (Phi) is 11.0. The fraction of sp³-hybridized carbons (Fsp3) is 0.537. The largest absolute Gasteiger partial charge is 0.494 e. The second-order valence-electron chi connectivity index (χ2n) is 15.3. The monoisotopic (exact) mass is 701 g/mol. The van der Waals surface area contributed by atoms with Crippen LogP contribution in [0, 0.1) is 11.8 Å². The fourth-order valence-electron chi connectivity index (χ4n) is 8.80. The summed E-state index contributed by atoms with van der Waals surface area (Å²) >= 11 is 6.27. The van der Waals surface area contributed by atoms with E-state index in [9.17, 15) is 14.7 Å². The number of carboxylic acids is 1. The predicted octanol–water partition coefficient (Wildman–Crippen LogP) is 8.45. The number of halogens is 1. The Morgan fingerprint density at radius 3 is 2.64 bits per heavy atom. The topological polar surface area (TPSA) is 101 Å². The number of carbonyl (C=O) groups excluding carboxylic acids is 1. The van der Waals surface area contributed by atoms with Crippen LogP contribution < -0.4 is 14.8 Å². The van der Waals surface area contributed by atoms with Gasteiger partial charge in [-0.1, -0.05) is 37.6 Å². The quantitative estimate of drug-likeness (QED) is 0.173. The molecule has 9 heteroatoms. The molecule has 0 radical (unpaired) electrons. The van der Waals surface area contributed by atoms with E-state index in [1.807, 2.05) is 30.5 Å². The number of nitrogens with one attached hydrogen (secondary N) is 1. The summed E-state index contributed by atoms with van der Waals surface area (Å²) in [5.41, 5.74) is 4.53. The van der Waals surface area contributed by atoms with Crippen molar-refractivity contribution in [2.75, 3.05) is 32.6 Å². The number of aliphatic carboxylic acids is 1. The molecule has 0 bridgehead atoms. The van der Waals surface area contributed by atoms with E-state index in [0.717, 1.165) is 55.7 Å². The molecule has 0 aliphatic heterocycles. The Morgan fingerprint density at radius 2 is 1.90 bits per heavy atom. The van der Waals surface area contributed by atoms with Crippen LogP contribution in [0.5, 0.6) is 11.5 Å². The summed E-state index contributed by atoms with van der Waals surface area (Å²) in [7, 11) is 3.54. The number of amides is 1. The summed E-state index contributed by atoms with van der Waals surface area (Å²) < 4.78 is 12.8. The third-order valence-electron chi connectivity index (χ3n) is 11.6. The van der Waals surface area contributed by atoms with Gasteiger partial charge < -0.3 is 24.8 Å². The van der Waals surface area contributed by atoms with Crippen molar-refractivity contribution in [3.63, 3.8) is 0 Å². The molecule has 1 amide bonds. The molecule has 3 aliphatic rings. The van der Waals surface area contributed by atoms with Gasteiger partial charge in [0.1, 0.15) is 17.0 Å². The van der Waals surface area contributed by atoms with Crippen LogP contribution in [0.15, 0.2) is 54.7 Å². The van der Waals surface area contributed by atoms with E-state index in [-0.39, 0.29) is 11.3 Å². The van der Waals surface area contributed by atoms with Crippen molar-refractivity contribution < 1.29 is 24.2 Å². The van der Waals surface area contributed by atoms with Crippen LogP contribution in [0.1, 0.15) is 99.9 Å². The van der Waals surface area contributed by atoms with Crippen LogP contribution in [-0.4, -0.2) is 59.7 Å². The minimum atomic E-state index is -1.08. The summed E-state index contributed by atoms with van der Waals surface area (Å²) in [6.07, 6.45) is 10.7. The first-order valence-corrected chi connectivity index (χ1v) is 18.7. The summed E-state index contributed by atoms with van der Waals surface area (Å²) in [5.74, 6) is 2.14. The molecule has 6 rings (SSSR count). The molecule has 3 atom stereocenters. The molecule has 0 saturated heterocycles. The average Bonchev–Trinajstić information content (AvgIpc) is 3.37. The highest BCUT2D eigenvalue weighted by molar-refractivity contribution is 6.30. The average molecular weight is 702 g/mol. The molecular weight excluding hydrogens is 650 g/mol. The third-order valence-corrected chi connectivity index (χ3v) is 11.8. The standard InChI is InChI=1S/C41H52ClN3O5/c1-27(26-50-36-15-20-43-35-11-5-8-28(2)38(35)36)22-30-23-29-13-14-33(49-21-7-12-37(46)45(3)4)25-34(29)40(30)16-18-41(19-17-40,39(47)48)44-32-10-6-9-31(42)24-32/h6,9-10,13-15,20,24-25,27-28,30,44H,5,7-8,11-12,16-19,21-23,26H2,1-4H3,(H,47,48)/t27-,28-,30?,40?,41?/m1/s1. The molecule has 1 spiro atoms. The van der Waals surface area contributed by atoms with E-state index in [1.54, 1.807) is 31.1 Å². The van der Waals surface area contributed by atoms with Gasteiger partial charge in [-0.15, -0.1) is 0 Å². The number of carbonyl (C=O) groups is 2. The van der Waals surface area contributed by atoms with Gasteiger partial charge in [0, 0.05) is 48.7 Å². The Bertz CT molecular complexity index is 1680. The molecule has 50 heavy (non-hydrogen) atoms. The van der Waals surface area contributed by atoms with Crippen molar-refractivity contribution in [3.05, 3.63) is 82.1 Å². The molecule has 8 nitrogen and oxygen atoms in total. The van der Waals surface area contributed by atoms with Crippen LogP contribution in [-0.2, 0) is 27.8 Å². The Labute approximate surface area is 301 Å². The van der Waals surface area contributed by atoms with E-state index in [1.165, 1.54) is 28.8 Å². The number of benzene rings is 2. The lowest BCUT2D eigenvalue weighted by Crippen LogP contribution is -2.53. The van der Waals surface area contributed by atoms with Gasteiger partial charge in [0.05, 0.1) is 13.2 Å². The van der Waals surface area contributed by atoms with Gasteiger partial charge in [0.15, 0.2) is 0 Å². The number of pyridine rings is 1. The first-order chi connectivity index (χ1) is 24.0. The highest BCUT2D eigenvalue weighted by Gasteiger charge is 2.54. The minimum absolute atomic E-state index is 0.0938. The SMILES string of the molecule is C[C@@H](COc1ccnc2c1[C@H](C)CCC2)CC1Cc2ccc(OCCCC(=O)N(C)C)cc2C12CCC(Nc1cccc(Cl)c1)(C(=O)O)CC2. The van der Waals surface area contributed by atoms with E-state index >= 15 is 0 Å². The van der Waals surface area contributed by atoms with Crippen LogP contribution in [0.25, 0.3) is 0 Å². The normalized spacial score (nSPS) is 24.6. The molecule has 1 saturated carbocycles. The molecular formula is C41H52ClN3O5. The Hall–Kier alpha value is -3.78. The number of aromatic nitrogens is 1. The number of ether oxygens (including phenoxy) is 2. The highest BCUT2D eigenvalue weighted by Crippen LogP contribution is 2.56. The van der Waals surface area contributed by atoms with Gasteiger partial charge >= 0.3 is 5.97 Å². The molecule has 2 N–H and O–H groups in total. The lowest BCUT2D eigenvalue weighted by atomic mass is 9.59. The Morgan fingerprint density at radius 1 is 1.10 bits per heavy atom. The summed E-state index contributed by atoms with van der Waals surface area (Å²) in [4.78, 5) is 31.3. The summed E-state index contributed by atoms with van der Waals surface area (Å²) in [6, 6.07) is 15.8. The van der Waals surface area contributed by atoms with Crippen molar-refractivity contribution in [1.29, 1.82) is 0 Å². The second-order valence-corrected chi connectivity index (χ2v) is 15.7. The van der Waals surface area contributed by atoms with Crippen molar-refractivity contribution in [1.82, 2.24) is 9.88 Å². The number of carboxylic acid groups (broad SMARTS) is 1. The number of rotatable bonds is 13. The summed E-state index contributed by atoms with van der Waals surface area (Å²) in [5, 5.41) is 14.6.